The van der Waals surface area contributed by atoms with E-state index in [1.165, 1.54) is 0 Å². The second-order valence-corrected chi connectivity index (χ2v) is 7.14. The van der Waals surface area contributed by atoms with Gasteiger partial charge in [0, 0.05) is 25.5 Å². The van der Waals surface area contributed by atoms with Crippen LogP contribution in [-0.2, 0) is 19.4 Å². The van der Waals surface area contributed by atoms with Gasteiger partial charge in [-0.1, -0.05) is 12.1 Å². The number of ether oxygens (including phenoxy) is 1. The van der Waals surface area contributed by atoms with E-state index in [1.807, 2.05) is 0 Å². The number of oxime groups is 1. The molecule has 0 aliphatic carbocycles. The molecule has 0 aromatic heterocycles. The van der Waals surface area contributed by atoms with E-state index in [9.17, 15) is 13.2 Å². The van der Waals surface area contributed by atoms with Crippen LogP contribution < -0.4 is 11.1 Å². The zero-order valence-corrected chi connectivity index (χ0v) is 12.3. The van der Waals surface area contributed by atoms with Crippen molar-refractivity contribution in [2.24, 2.45) is 16.3 Å². The number of amides is 1. The molecule has 0 bridgehead atoms. The predicted molar refractivity (Wildman–Crippen MR) is 73.2 cm³/mol. The molecule has 0 unspecified atom stereocenters. The van der Waals surface area contributed by atoms with Crippen molar-refractivity contribution < 1.29 is 23.2 Å². The van der Waals surface area contributed by atoms with E-state index in [-0.39, 0.29) is 23.9 Å². The predicted octanol–water partition coefficient (Wildman–Crippen LogP) is -0.919. The first-order valence-corrected chi connectivity index (χ1v) is 8.24. The van der Waals surface area contributed by atoms with Crippen LogP contribution in [0.3, 0.4) is 0 Å². The van der Waals surface area contributed by atoms with Crippen LogP contribution in [0.2, 0.25) is 0 Å². The topological polar surface area (TPSA) is 131 Å². The Hall–Kier alpha value is -1.35. The zero-order chi connectivity index (χ0) is 15.2. The van der Waals surface area contributed by atoms with Crippen LogP contribution >= 0.6 is 0 Å². The minimum absolute atomic E-state index is 0.0102. The molecule has 0 saturated carbocycles. The van der Waals surface area contributed by atoms with Gasteiger partial charge in [-0.15, -0.1) is 0 Å². The second kappa shape index (κ2) is 6.89. The molecule has 0 radical (unpaired) electrons. The number of nitrogens with zero attached hydrogens (tertiary/aromatic N) is 1. The molecule has 1 heterocycles. The number of rotatable bonds is 6. The highest BCUT2D eigenvalue weighted by atomic mass is 32.2. The number of hydrogen-bond donors (Lipinski definition) is 3. The van der Waals surface area contributed by atoms with E-state index in [1.54, 1.807) is 6.92 Å². The molecule has 116 valence electrons. The average molecular weight is 307 g/mol. The number of nitrogens with one attached hydrogen (secondary N) is 1. The summed E-state index contributed by atoms with van der Waals surface area (Å²) < 4.78 is 27.9. The molecule has 1 amide bonds. The molecular weight excluding hydrogens is 286 g/mol. The summed E-state index contributed by atoms with van der Waals surface area (Å²) in [7, 11) is -3.14. The Balaban J connectivity index is 2.70. The summed E-state index contributed by atoms with van der Waals surface area (Å²) in [5.41, 5.74) is 4.51. The molecule has 1 aliphatic rings. The largest absolute Gasteiger partial charge is 0.409 e. The highest BCUT2D eigenvalue weighted by Gasteiger charge is 2.44. The summed E-state index contributed by atoms with van der Waals surface area (Å²) in [4.78, 5) is 12.3. The van der Waals surface area contributed by atoms with E-state index < -0.39 is 21.2 Å². The summed E-state index contributed by atoms with van der Waals surface area (Å²) >= 11 is 0. The molecule has 0 aromatic rings. The van der Waals surface area contributed by atoms with Gasteiger partial charge in [0.15, 0.2) is 15.7 Å². The van der Waals surface area contributed by atoms with Crippen LogP contribution in [0.1, 0.15) is 19.8 Å². The Bertz CT molecular complexity index is 468. The molecule has 0 aromatic carbocycles. The van der Waals surface area contributed by atoms with E-state index in [2.05, 4.69) is 10.5 Å². The number of sulfone groups is 1. The molecule has 8 nitrogen and oxygen atoms in total. The summed E-state index contributed by atoms with van der Waals surface area (Å²) in [6, 6.07) is 0. The maximum absolute atomic E-state index is 12.3. The second-order valence-electron chi connectivity index (χ2n) is 4.67. The van der Waals surface area contributed by atoms with Crippen molar-refractivity contribution in [1.29, 1.82) is 0 Å². The van der Waals surface area contributed by atoms with Crippen LogP contribution in [0.4, 0.5) is 0 Å². The smallest absolute Gasteiger partial charge is 0.234 e. The van der Waals surface area contributed by atoms with Crippen molar-refractivity contribution >= 4 is 21.6 Å². The summed E-state index contributed by atoms with van der Waals surface area (Å²) in [6.07, 6.45) is 0.602. The van der Waals surface area contributed by atoms with Crippen LogP contribution in [0.15, 0.2) is 5.16 Å². The van der Waals surface area contributed by atoms with Gasteiger partial charge < -0.3 is 21.0 Å². The molecule has 20 heavy (non-hydrogen) atoms. The van der Waals surface area contributed by atoms with E-state index in [4.69, 9.17) is 15.7 Å². The van der Waals surface area contributed by atoms with Gasteiger partial charge in [0.1, 0.15) is 5.41 Å². The normalized spacial score (nSPS) is 19.6. The van der Waals surface area contributed by atoms with E-state index in [0.717, 1.165) is 0 Å². The molecule has 4 N–H and O–H groups in total. The third kappa shape index (κ3) is 3.83. The first-order valence-electron chi connectivity index (χ1n) is 6.42. The van der Waals surface area contributed by atoms with Crippen LogP contribution in [-0.4, -0.2) is 56.6 Å². The average Bonchev–Trinajstić information content (AvgIpc) is 2.46. The van der Waals surface area contributed by atoms with Gasteiger partial charge in [-0.05, 0) is 12.8 Å². The van der Waals surface area contributed by atoms with Gasteiger partial charge in [-0.3, -0.25) is 4.79 Å². The van der Waals surface area contributed by atoms with Gasteiger partial charge in [0.05, 0.1) is 5.75 Å². The molecule has 9 heteroatoms. The van der Waals surface area contributed by atoms with E-state index >= 15 is 0 Å². The summed E-state index contributed by atoms with van der Waals surface area (Å²) in [5.74, 6) is -0.695. The van der Waals surface area contributed by atoms with Gasteiger partial charge in [-0.25, -0.2) is 8.42 Å². The first kappa shape index (κ1) is 16.7. The molecule has 0 spiro atoms. The standard InChI is InChI=1S/C11H21N3O5S/c1-2-20(17,18)8-5-13-10(15)11(9(12)14-16)3-6-19-7-4-11/h16H,2-8H2,1H3,(H2,12,14)(H,13,15). The molecule has 1 saturated heterocycles. The molecule has 0 atom stereocenters. The maximum Gasteiger partial charge on any atom is 0.234 e. The van der Waals surface area contributed by atoms with Crippen molar-refractivity contribution in [2.75, 3.05) is 31.3 Å². The van der Waals surface area contributed by atoms with Crippen molar-refractivity contribution in [2.45, 2.75) is 19.8 Å². The van der Waals surface area contributed by atoms with E-state index in [0.29, 0.717) is 26.1 Å². The van der Waals surface area contributed by atoms with Gasteiger partial charge in [0.25, 0.3) is 0 Å². The highest BCUT2D eigenvalue weighted by molar-refractivity contribution is 7.91. The SMILES string of the molecule is CCS(=O)(=O)CCNC(=O)C1(C(N)=NO)CCOCC1. The number of carbonyl (C=O) groups excluding carboxylic acids is 1. The van der Waals surface area contributed by atoms with Crippen LogP contribution in [0.5, 0.6) is 0 Å². The third-order valence-corrected chi connectivity index (χ3v) is 5.22. The third-order valence-electron chi connectivity index (χ3n) is 3.52. The lowest BCUT2D eigenvalue weighted by atomic mass is 9.78. The van der Waals surface area contributed by atoms with Crippen LogP contribution in [0, 0.1) is 5.41 Å². The molecular formula is C11H21N3O5S. The fourth-order valence-electron chi connectivity index (χ4n) is 2.05. The number of amidine groups is 1. The molecule has 1 rings (SSSR count). The van der Waals surface area contributed by atoms with Gasteiger partial charge in [0.2, 0.25) is 5.91 Å². The number of nitrogens with two attached hydrogens (primary N) is 1. The minimum atomic E-state index is -3.14. The monoisotopic (exact) mass is 307 g/mol. The Labute approximate surface area is 118 Å². The minimum Gasteiger partial charge on any atom is -0.409 e. The van der Waals surface area contributed by atoms with Crippen molar-refractivity contribution in [3.05, 3.63) is 0 Å². The maximum atomic E-state index is 12.3. The quantitative estimate of drug-likeness (QED) is 0.252. The molecule has 1 aliphatic heterocycles. The Morgan fingerprint density at radius 3 is 2.55 bits per heavy atom. The van der Waals surface area contributed by atoms with Crippen molar-refractivity contribution in [1.82, 2.24) is 5.32 Å². The van der Waals surface area contributed by atoms with Crippen molar-refractivity contribution in [3.8, 4) is 0 Å². The lowest BCUT2D eigenvalue weighted by Crippen LogP contribution is -2.53. The fraction of sp³-hybridized carbons (Fsp3) is 0.818. The molecule has 1 fully saturated rings. The lowest BCUT2D eigenvalue weighted by molar-refractivity contribution is -0.131. The summed E-state index contributed by atoms with van der Waals surface area (Å²) in [6.45, 7) is 2.22. The van der Waals surface area contributed by atoms with Crippen molar-refractivity contribution in [3.63, 3.8) is 0 Å². The fourth-order valence-corrected chi connectivity index (χ4v) is 2.75. The first-order chi connectivity index (χ1) is 9.38. The lowest BCUT2D eigenvalue weighted by Gasteiger charge is -2.34. The summed E-state index contributed by atoms with van der Waals surface area (Å²) in [5, 5.41) is 14.3. The van der Waals surface area contributed by atoms with Gasteiger partial charge >= 0.3 is 0 Å². The highest BCUT2D eigenvalue weighted by Crippen LogP contribution is 2.31. The van der Waals surface area contributed by atoms with Crippen LogP contribution in [0.25, 0.3) is 0 Å². The Morgan fingerprint density at radius 1 is 1.45 bits per heavy atom. The number of hydrogen-bond acceptors (Lipinski definition) is 6. The Morgan fingerprint density at radius 2 is 2.05 bits per heavy atom. The zero-order valence-electron chi connectivity index (χ0n) is 11.5. The van der Waals surface area contributed by atoms with Gasteiger partial charge in [-0.2, -0.15) is 0 Å². The Kier molecular flexibility index (Phi) is 5.75. The number of carbonyl (C=O) groups is 1.